The Balaban J connectivity index is 2.08. The van der Waals surface area contributed by atoms with Crippen molar-refractivity contribution in [3.63, 3.8) is 0 Å². The topological polar surface area (TPSA) is 20.3 Å². The minimum Gasteiger partial charge on any atom is -0.297 e. The minimum atomic E-state index is -0.0901. The lowest BCUT2D eigenvalue weighted by Gasteiger charge is -2.42. The monoisotopic (exact) mass is 279 g/mol. The second-order valence-corrected chi connectivity index (χ2v) is 6.90. The van der Waals surface area contributed by atoms with Crippen LogP contribution in [0.2, 0.25) is 0 Å². The largest absolute Gasteiger partial charge is 0.297 e. The first-order valence-electron chi connectivity index (χ1n) is 8.97. The molecule has 2 heteroatoms. The van der Waals surface area contributed by atoms with Gasteiger partial charge in [-0.25, -0.2) is 0 Å². The molecule has 0 aliphatic heterocycles. The zero-order valence-electron chi connectivity index (χ0n) is 13.8. The van der Waals surface area contributed by atoms with E-state index in [-0.39, 0.29) is 5.54 Å². The quantitative estimate of drug-likeness (QED) is 0.717. The van der Waals surface area contributed by atoms with Gasteiger partial charge in [0.05, 0.1) is 5.54 Å². The van der Waals surface area contributed by atoms with Gasteiger partial charge in [-0.05, 0) is 57.5 Å². The van der Waals surface area contributed by atoms with Gasteiger partial charge in [-0.3, -0.25) is 9.69 Å². The zero-order chi connectivity index (χ0) is 14.6. The molecule has 2 nitrogen and oxygen atoms in total. The molecule has 0 aromatic carbocycles. The lowest BCUT2D eigenvalue weighted by atomic mass is 9.73. The standard InChI is InChI=1S/C18H33NO/c1-4-15-9-11-16(12-10-15)17(20)18(13-7-8-14-18)19(5-2)6-3/h15-16H,4-14H2,1-3H3. The predicted octanol–water partition coefficient (Wildman–Crippen LogP) is 4.43. The number of Topliss-reactive ketones (excluding diaryl/α,β-unsaturated/α-hetero) is 1. The van der Waals surface area contributed by atoms with Crippen molar-refractivity contribution >= 4 is 5.78 Å². The Labute approximate surface area is 125 Å². The second kappa shape index (κ2) is 7.06. The summed E-state index contributed by atoms with van der Waals surface area (Å²) < 4.78 is 0. The van der Waals surface area contributed by atoms with Gasteiger partial charge in [0.15, 0.2) is 5.78 Å². The summed E-state index contributed by atoms with van der Waals surface area (Å²) in [7, 11) is 0. The van der Waals surface area contributed by atoms with Gasteiger partial charge in [0.2, 0.25) is 0 Å². The number of ketones is 1. The molecule has 0 amide bonds. The molecule has 0 spiro atoms. The Morgan fingerprint density at radius 1 is 1.00 bits per heavy atom. The van der Waals surface area contributed by atoms with Crippen LogP contribution in [0.3, 0.4) is 0 Å². The van der Waals surface area contributed by atoms with Crippen molar-refractivity contribution in [2.24, 2.45) is 11.8 Å². The van der Waals surface area contributed by atoms with Crippen LogP contribution >= 0.6 is 0 Å². The molecule has 2 fully saturated rings. The van der Waals surface area contributed by atoms with Gasteiger partial charge < -0.3 is 0 Å². The van der Waals surface area contributed by atoms with E-state index in [1.807, 2.05) is 0 Å². The highest BCUT2D eigenvalue weighted by molar-refractivity contribution is 5.91. The molecule has 0 bridgehead atoms. The van der Waals surface area contributed by atoms with Crippen LogP contribution in [-0.4, -0.2) is 29.3 Å². The SMILES string of the molecule is CCC1CCC(C(=O)C2(N(CC)CC)CCCC2)CC1. The van der Waals surface area contributed by atoms with Crippen molar-refractivity contribution in [3.05, 3.63) is 0 Å². The van der Waals surface area contributed by atoms with Crippen LogP contribution < -0.4 is 0 Å². The van der Waals surface area contributed by atoms with E-state index >= 15 is 0 Å². The van der Waals surface area contributed by atoms with E-state index in [1.165, 1.54) is 32.1 Å². The van der Waals surface area contributed by atoms with Gasteiger partial charge in [-0.15, -0.1) is 0 Å². The van der Waals surface area contributed by atoms with E-state index in [1.54, 1.807) is 0 Å². The predicted molar refractivity (Wildman–Crippen MR) is 84.9 cm³/mol. The first-order valence-corrected chi connectivity index (χ1v) is 8.97. The number of carbonyl (C=O) groups excluding carboxylic acids is 1. The molecule has 0 aromatic heterocycles. The Bertz CT molecular complexity index is 307. The summed E-state index contributed by atoms with van der Waals surface area (Å²) in [6.45, 7) is 8.76. The van der Waals surface area contributed by atoms with Crippen LogP contribution in [0.15, 0.2) is 0 Å². The van der Waals surface area contributed by atoms with Gasteiger partial charge in [-0.2, -0.15) is 0 Å². The fourth-order valence-electron chi connectivity index (χ4n) is 4.72. The molecule has 0 N–H and O–H groups in total. The van der Waals surface area contributed by atoms with E-state index in [0.29, 0.717) is 11.7 Å². The molecule has 116 valence electrons. The third-order valence-corrected chi connectivity index (χ3v) is 6.05. The molecular formula is C18H33NO. The van der Waals surface area contributed by atoms with Crippen LogP contribution in [0, 0.1) is 11.8 Å². The average molecular weight is 279 g/mol. The average Bonchev–Trinajstić information content (AvgIpc) is 2.98. The van der Waals surface area contributed by atoms with Crippen LogP contribution in [-0.2, 0) is 4.79 Å². The molecule has 2 rings (SSSR count). The maximum Gasteiger partial charge on any atom is 0.156 e. The van der Waals surface area contributed by atoms with Gasteiger partial charge in [-0.1, -0.05) is 40.0 Å². The molecule has 0 radical (unpaired) electrons. The van der Waals surface area contributed by atoms with Crippen LogP contribution in [0.4, 0.5) is 0 Å². The number of hydrogen-bond donors (Lipinski definition) is 0. The highest BCUT2D eigenvalue weighted by Gasteiger charge is 2.47. The van der Waals surface area contributed by atoms with E-state index in [9.17, 15) is 4.79 Å². The number of rotatable bonds is 6. The molecule has 20 heavy (non-hydrogen) atoms. The van der Waals surface area contributed by atoms with Crippen molar-refractivity contribution in [1.82, 2.24) is 4.90 Å². The lowest BCUT2D eigenvalue weighted by Crippen LogP contribution is -2.55. The van der Waals surface area contributed by atoms with Crippen molar-refractivity contribution < 1.29 is 4.79 Å². The van der Waals surface area contributed by atoms with Crippen molar-refractivity contribution in [2.45, 2.75) is 84.1 Å². The molecule has 0 saturated heterocycles. The lowest BCUT2D eigenvalue weighted by molar-refractivity contribution is -0.136. The highest BCUT2D eigenvalue weighted by Crippen LogP contribution is 2.41. The molecule has 0 aromatic rings. The molecule has 0 unspecified atom stereocenters. The van der Waals surface area contributed by atoms with Crippen LogP contribution in [0.5, 0.6) is 0 Å². The van der Waals surface area contributed by atoms with E-state index in [2.05, 4.69) is 25.7 Å². The van der Waals surface area contributed by atoms with Crippen LogP contribution in [0.1, 0.15) is 78.6 Å². The first kappa shape index (κ1) is 16.0. The van der Waals surface area contributed by atoms with E-state index in [4.69, 9.17) is 0 Å². The molecule has 0 atom stereocenters. The summed E-state index contributed by atoms with van der Waals surface area (Å²) in [4.78, 5) is 15.7. The minimum absolute atomic E-state index is 0.0901. The number of hydrogen-bond acceptors (Lipinski definition) is 2. The van der Waals surface area contributed by atoms with Crippen molar-refractivity contribution in [1.29, 1.82) is 0 Å². The summed E-state index contributed by atoms with van der Waals surface area (Å²) in [5, 5.41) is 0. The zero-order valence-corrected chi connectivity index (χ0v) is 13.8. The maximum atomic E-state index is 13.2. The van der Waals surface area contributed by atoms with Gasteiger partial charge >= 0.3 is 0 Å². The number of carbonyl (C=O) groups is 1. The third-order valence-electron chi connectivity index (χ3n) is 6.05. The Hall–Kier alpha value is -0.370. The van der Waals surface area contributed by atoms with Gasteiger partial charge in [0, 0.05) is 5.92 Å². The van der Waals surface area contributed by atoms with Crippen LogP contribution in [0.25, 0.3) is 0 Å². The second-order valence-electron chi connectivity index (χ2n) is 6.90. The van der Waals surface area contributed by atoms with Gasteiger partial charge in [0.25, 0.3) is 0 Å². The summed E-state index contributed by atoms with van der Waals surface area (Å²) in [5.41, 5.74) is -0.0901. The molecular weight excluding hydrogens is 246 g/mol. The molecule has 2 aliphatic carbocycles. The summed E-state index contributed by atoms with van der Waals surface area (Å²) >= 11 is 0. The van der Waals surface area contributed by atoms with Gasteiger partial charge in [0.1, 0.15) is 0 Å². The summed E-state index contributed by atoms with van der Waals surface area (Å²) in [5.74, 6) is 1.84. The maximum absolute atomic E-state index is 13.2. The third kappa shape index (κ3) is 2.95. The summed E-state index contributed by atoms with van der Waals surface area (Å²) in [6.07, 6.45) is 10.9. The Kier molecular flexibility index (Phi) is 5.65. The fourth-order valence-corrected chi connectivity index (χ4v) is 4.72. The van der Waals surface area contributed by atoms with Crippen molar-refractivity contribution in [3.8, 4) is 0 Å². The first-order chi connectivity index (χ1) is 9.67. The summed E-state index contributed by atoms with van der Waals surface area (Å²) in [6, 6.07) is 0. The van der Waals surface area contributed by atoms with Crippen molar-refractivity contribution in [2.75, 3.05) is 13.1 Å². The molecule has 2 saturated carbocycles. The smallest absolute Gasteiger partial charge is 0.156 e. The fraction of sp³-hybridized carbons (Fsp3) is 0.944. The molecule has 0 heterocycles. The molecule has 2 aliphatic rings. The number of likely N-dealkylation sites (N-methyl/N-ethyl adjacent to an activating group) is 1. The number of nitrogens with zero attached hydrogens (tertiary/aromatic N) is 1. The Morgan fingerprint density at radius 3 is 2.00 bits per heavy atom. The highest BCUT2D eigenvalue weighted by atomic mass is 16.1. The van der Waals surface area contributed by atoms with E-state index in [0.717, 1.165) is 44.7 Å². The Morgan fingerprint density at radius 2 is 1.55 bits per heavy atom. The normalized spacial score (nSPS) is 29.8. The van der Waals surface area contributed by atoms with E-state index < -0.39 is 0 Å².